The maximum Gasteiger partial charge on any atom is 0.321 e. The Kier molecular flexibility index (Phi) is 8.54. The first-order valence-corrected chi connectivity index (χ1v) is 6.72. The third-order valence-electron chi connectivity index (χ3n) is 2.27. The van der Waals surface area contributed by atoms with Gasteiger partial charge in [-0.15, -0.1) is 0 Å². The first-order valence-electron chi connectivity index (χ1n) is 6.72. The summed E-state index contributed by atoms with van der Waals surface area (Å²) in [5.41, 5.74) is 0. The number of urea groups is 1. The molecule has 0 aliphatic heterocycles. The van der Waals surface area contributed by atoms with Gasteiger partial charge < -0.3 is 10.4 Å². The molecule has 0 heterocycles. The maximum atomic E-state index is 11.7. The number of carboxylic acids is 1. The number of hydrogen-bond acceptors (Lipinski definition) is 4. The Morgan fingerprint density at radius 1 is 1.05 bits per heavy atom. The van der Waals surface area contributed by atoms with Crippen LogP contribution in [0.25, 0.3) is 0 Å². The molecule has 20 heavy (non-hydrogen) atoms. The highest BCUT2D eigenvalue weighted by molar-refractivity contribution is 5.95. The van der Waals surface area contributed by atoms with Gasteiger partial charge in [0.05, 0.1) is 13.1 Å². The minimum atomic E-state index is -0.997. The molecule has 7 nitrogen and oxygen atoms in total. The van der Waals surface area contributed by atoms with Crippen molar-refractivity contribution in [2.45, 2.75) is 27.7 Å². The molecular formula is C13H25N3O4. The summed E-state index contributed by atoms with van der Waals surface area (Å²) in [6.07, 6.45) is 0. The van der Waals surface area contributed by atoms with Gasteiger partial charge in [-0.05, 0) is 11.8 Å². The molecule has 0 atom stereocenters. The molecule has 0 fully saturated rings. The third kappa shape index (κ3) is 10.3. The van der Waals surface area contributed by atoms with E-state index in [1.807, 2.05) is 27.7 Å². The fourth-order valence-electron chi connectivity index (χ4n) is 1.60. The maximum absolute atomic E-state index is 11.7. The smallest absolute Gasteiger partial charge is 0.321 e. The van der Waals surface area contributed by atoms with Gasteiger partial charge >= 0.3 is 12.0 Å². The van der Waals surface area contributed by atoms with Crippen molar-refractivity contribution in [1.29, 1.82) is 0 Å². The molecule has 0 radical (unpaired) electrons. The first kappa shape index (κ1) is 18.4. The van der Waals surface area contributed by atoms with Gasteiger partial charge in [0.25, 0.3) is 0 Å². The largest absolute Gasteiger partial charge is 0.480 e. The van der Waals surface area contributed by atoms with E-state index < -0.39 is 17.9 Å². The molecule has 0 aromatic rings. The van der Waals surface area contributed by atoms with Crippen LogP contribution in [0.4, 0.5) is 4.79 Å². The molecule has 0 aromatic heterocycles. The number of carboxylic acid groups (broad SMARTS) is 1. The van der Waals surface area contributed by atoms with Gasteiger partial charge in [0.2, 0.25) is 5.91 Å². The van der Waals surface area contributed by atoms with Crippen molar-refractivity contribution >= 4 is 17.9 Å². The van der Waals surface area contributed by atoms with E-state index in [4.69, 9.17) is 5.11 Å². The van der Waals surface area contributed by atoms with E-state index >= 15 is 0 Å². The highest BCUT2D eigenvalue weighted by atomic mass is 16.4. The van der Waals surface area contributed by atoms with Gasteiger partial charge in [-0.25, -0.2) is 4.79 Å². The molecule has 0 aliphatic carbocycles. The predicted molar refractivity (Wildman–Crippen MR) is 75.3 cm³/mol. The van der Waals surface area contributed by atoms with E-state index in [1.165, 1.54) is 4.90 Å². The SMILES string of the molecule is CC(C)CNC(=O)NC(=O)CN(CC(=O)O)CC(C)C. The van der Waals surface area contributed by atoms with Crippen LogP contribution in [-0.2, 0) is 9.59 Å². The topological polar surface area (TPSA) is 98.7 Å². The van der Waals surface area contributed by atoms with Crippen LogP contribution in [0.15, 0.2) is 0 Å². The summed E-state index contributed by atoms with van der Waals surface area (Å²) in [5, 5.41) is 13.5. The summed E-state index contributed by atoms with van der Waals surface area (Å²) in [5.74, 6) is -0.979. The minimum Gasteiger partial charge on any atom is -0.480 e. The Hall–Kier alpha value is -1.63. The summed E-state index contributed by atoms with van der Waals surface area (Å²) in [6, 6.07) is -0.552. The lowest BCUT2D eigenvalue weighted by molar-refractivity contribution is -0.138. The Labute approximate surface area is 119 Å². The second-order valence-electron chi connectivity index (χ2n) is 5.61. The molecule has 0 aromatic carbocycles. The molecule has 3 amide bonds. The summed E-state index contributed by atoms with van der Waals surface area (Å²) >= 11 is 0. The van der Waals surface area contributed by atoms with Gasteiger partial charge in [0.1, 0.15) is 0 Å². The molecule has 0 bridgehead atoms. The summed E-state index contributed by atoms with van der Waals surface area (Å²) in [4.78, 5) is 35.3. The summed E-state index contributed by atoms with van der Waals surface area (Å²) < 4.78 is 0. The number of carbonyl (C=O) groups is 3. The third-order valence-corrected chi connectivity index (χ3v) is 2.27. The lowest BCUT2D eigenvalue weighted by atomic mass is 10.2. The molecule has 7 heteroatoms. The monoisotopic (exact) mass is 287 g/mol. The Morgan fingerprint density at radius 2 is 1.65 bits per heavy atom. The molecule has 0 unspecified atom stereocenters. The minimum absolute atomic E-state index is 0.112. The van der Waals surface area contributed by atoms with Gasteiger partial charge in [-0.1, -0.05) is 27.7 Å². The predicted octanol–water partition coefficient (Wildman–Crippen LogP) is 0.511. The molecule has 0 saturated heterocycles. The summed E-state index contributed by atoms with van der Waals surface area (Å²) in [7, 11) is 0. The lowest BCUT2D eigenvalue weighted by Gasteiger charge is -2.21. The molecular weight excluding hydrogens is 262 g/mol. The van der Waals surface area contributed by atoms with Crippen LogP contribution in [0.5, 0.6) is 0 Å². The van der Waals surface area contributed by atoms with Crippen LogP contribution in [0.2, 0.25) is 0 Å². The Bertz CT molecular complexity index is 343. The fourth-order valence-corrected chi connectivity index (χ4v) is 1.60. The van der Waals surface area contributed by atoms with Crippen molar-refractivity contribution < 1.29 is 19.5 Å². The normalized spacial score (nSPS) is 10.9. The zero-order chi connectivity index (χ0) is 15.7. The molecule has 0 saturated carbocycles. The van der Waals surface area contributed by atoms with E-state index in [0.29, 0.717) is 19.0 Å². The van der Waals surface area contributed by atoms with Crippen LogP contribution in [0.3, 0.4) is 0 Å². The van der Waals surface area contributed by atoms with E-state index in [9.17, 15) is 14.4 Å². The van der Waals surface area contributed by atoms with Crippen LogP contribution < -0.4 is 10.6 Å². The Morgan fingerprint density at radius 3 is 2.10 bits per heavy atom. The average Bonchev–Trinajstić information content (AvgIpc) is 2.23. The highest BCUT2D eigenvalue weighted by Gasteiger charge is 2.16. The number of carbonyl (C=O) groups excluding carboxylic acids is 2. The molecule has 0 aliphatic rings. The van der Waals surface area contributed by atoms with Crippen molar-refractivity contribution in [2.75, 3.05) is 26.2 Å². The number of rotatable bonds is 8. The number of imide groups is 1. The average molecular weight is 287 g/mol. The molecule has 0 spiro atoms. The quantitative estimate of drug-likeness (QED) is 0.604. The lowest BCUT2D eigenvalue weighted by Crippen LogP contribution is -2.46. The van der Waals surface area contributed by atoms with Crippen molar-refractivity contribution in [2.24, 2.45) is 11.8 Å². The molecule has 0 rings (SSSR count). The van der Waals surface area contributed by atoms with Crippen LogP contribution in [0, 0.1) is 11.8 Å². The second kappa shape index (κ2) is 9.30. The van der Waals surface area contributed by atoms with Crippen LogP contribution in [0.1, 0.15) is 27.7 Å². The van der Waals surface area contributed by atoms with Gasteiger partial charge in [-0.3, -0.25) is 19.8 Å². The summed E-state index contributed by atoms with van der Waals surface area (Å²) in [6.45, 7) is 8.37. The van der Waals surface area contributed by atoms with E-state index in [2.05, 4.69) is 10.6 Å². The van der Waals surface area contributed by atoms with Crippen molar-refractivity contribution in [3.05, 3.63) is 0 Å². The fraction of sp³-hybridized carbons (Fsp3) is 0.769. The highest BCUT2D eigenvalue weighted by Crippen LogP contribution is 1.98. The first-order chi connectivity index (χ1) is 9.20. The number of nitrogens with zero attached hydrogens (tertiary/aromatic N) is 1. The van der Waals surface area contributed by atoms with Gasteiger partial charge in [-0.2, -0.15) is 0 Å². The number of aliphatic carboxylic acids is 1. The van der Waals surface area contributed by atoms with Gasteiger partial charge in [0.15, 0.2) is 0 Å². The Balaban J connectivity index is 4.23. The second-order valence-corrected chi connectivity index (χ2v) is 5.61. The number of amides is 3. The van der Waals surface area contributed by atoms with Gasteiger partial charge in [0, 0.05) is 13.1 Å². The van der Waals surface area contributed by atoms with E-state index in [0.717, 1.165) is 0 Å². The van der Waals surface area contributed by atoms with Crippen LogP contribution in [-0.4, -0.2) is 54.1 Å². The van der Waals surface area contributed by atoms with E-state index in [1.54, 1.807) is 0 Å². The number of nitrogens with one attached hydrogen (secondary N) is 2. The van der Waals surface area contributed by atoms with Crippen molar-refractivity contribution in [3.63, 3.8) is 0 Å². The van der Waals surface area contributed by atoms with Crippen molar-refractivity contribution in [1.82, 2.24) is 15.5 Å². The zero-order valence-electron chi connectivity index (χ0n) is 12.6. The zero-order valence-corrected chi connectivity index (χ0v) is 12.6. The molecule has 3 N–H and O–H groups in total. The van der Waals surface area contributed by atoms with Crippen LogP contribution >= 0.6 is 0 Å². The number of hydrogen-bond donors (Lipinski definition) is 3. The van der Waals surface area contributed by atoms with E-state index in [-0.39, 0.29) is 19.0 Å². The standard InChI is InChI=1S/C13H25N3O4/c1-9(2)5-14-13(20)15-11(17)7-16(6-10(3)4)8-12(18)19/h9-10H,5-8H2,1-4H3,(H,18,19)(H2,14,15,17,20). The molecule has 116 valence electrons. The van der Waals surface area contributed by atoms with Crippen molar-refractivity contribution in [3.8, 4) is 0 Å².